The molecular formula is C31H43N3O2. The molecule has 1 aliphatic heterocycles. The van der Waals surface area contributed by atoms with Gasteiger partial charge in [0.2, 0.25) is 0 Å². The van der Waals surface area contributed by atoms with Crippen molar-refractivity contribution in [1.82, 2.24) is 14.7 Å². The number of benzene rings is 2. The Hall–Kier alpha value is -2.47. The van der Waals surface area contributed by atoms with Crippen LogP contribution in [0.1, 0.15) is 79.4 Å². The molecule has 0 amide bonds. The highest BCUT2D eigenvalue weighted by atomic mass is 16.5. The van der Waals surface area contributed by atoms with Gasteiger partial charge in [-0.25, -0.2) is 4.68 Å². The Morgan fingerprint density at radius 1 is 1.03 bits per heavy atom. The molecule has 0 radical (unpaired) electrons. The maximum Gasteiger partial charge on any atom is 0.0840 e. The molecule has 5 nitrogen and oxygen atoms in total. The molecule has 0 saturated carbocycles. The fraction of sp³-hybridized carbons (Fsp3) is 0.516. The van der Waals surface area contributed by atoms with Gasteiger partial charge in [-0.15, -0.1) is 0 Å². The first-order valence-electron chi connectivity index (χ1n) is 13.5. The molecule has 194 valence electrons. The number of rotatable bonds is 9. The molecule has 3 aromatic rings. The Morgan fingerprint density at radius 3 is 2.28 bits per heavy atom. The maximum atomic E-state index is 10.6. The lowest BCUT2D eigenvalue weighted by Crippen LogP contribution is -2.43. The predicted molar refractivity (Wildman–Crippen MR) is 147 cm³/mol. The van der Waals surface area contributed by atoms with Crippen molar-refractivity contribution < 1.29 is 9.84 Å². The van der Waals surface area contributed by atoms with Crippen molar-refractivity contribution in [3.63, 3.8) is 0 Å². The van der Waals surface area contributed by atoms with Crippen LogP contribution in [0, 0.1) is 13.8 Å². The van der Waals surface area contributed by atoms with Gasteiger partial charge in [0, 0.05) is 37.0 Å². The number of aryl methyl sites for hydroxylation is 3. The number of ether oxygens (including phenoxy) is 1. The summed E-state index contributed by atoms with van der Waals surface area (Å²) in [6.45, 7) is 17.7. The van der Waals surface area contributed by atoms with Crippen molar-refractivity contribution in [3.8, 4) is 5.69 Å². The molecule has 2 heterocycles. The summed E-state index contributed by atoms with van der Waals surface area (Å²) < 4.78 is 8.11. The second-order valence-corrected chi connectivity index (χ2v) is 10.7. The maximum absolute atomic E-state index is 10.6. The van der Waals surface area contributed by atoms with Crippen LogP contribution in [0.2, 0.25) is 0 Å². The molecule has 0 fully saturated rings. The molecule has 0 saturated heterocycles. The number of aliphatic hydroxyl groups is 1. The molecule has 2 aromatic carbocycles. The Labute approximate surface area is 217 Å². The van der Waals surface area contributed by atoms with E-state index in [-0.39, 0.29) is 0 Å². The van der Waals surface area contributed by atoms with E-state index < -0.39 is 5.60 Å². The molecule has 1 aliphatic rings. The van der Waals surface area contributed by atoms with E-state index in [9.17, 15) is 5.11 Å². The third-order valence-electron chi connectivity index (χ3n) is 7.59. The Morgan fingerprint density at radius 2 is 1.69 bits per heavy atom. The van der Waals surface area contributed by atoms with Crippen molar-refractivity contribution >= 4 is 0 Å². The van der Waals surface area contributed by atoms with E-state index in [4.69, 9.17) is 9.84 Å². The lowest BCUT2D eigenvalue weighted by Gasteiger charge is -2.37. The van der Waals surface area contributed by atoms with Crippen molar-refractivity contribution in [2.75, 3.05) is 13.2 Å². The Balaban J connectivity index is 1.75. The summed E-state index contributed by atoms with van der Waals surface area (Å²) in [7, 11) is 0. The Bertz CT molecular complexity index is 1180. The second-order valence-electron chi connectivity index (χ2n) is 10.7. The van der Waals surface area contributed by atoms with Crippen LogP contribution in [0.4, 0.5) is 0 Å². The number of hydrogen-bond donors (Lipinski definition) is 1. The van der Waals surface area contributed by atoms with Gasteiger partial charge in [-0.2, -0.15) is 5.10 Å². The molecule has 36 heavy (non-hydrogen) atoms. The minimum Gasteiger partial charge on any atom is -0.386 e. The van der Waals surface area contributed by atoms with Crippen molar-refractivity contribution in [1.29, 1.82) is 0 Å². The second kappa shape index (κ2) is 10.9. The quantitative estimate of drug-likeness (QED) is 0.412. The van der Waals surface area contributed by atoms with Gasteiger partial charge < -0.3 is 9.84 Å². The summed E-state index contributed by atoms with van der Waals surface area (Å²) in [5.74, 6) is 0. The average Bonchev–Trinajstić information content (AvgIpc) is 3.18. The van der Waals surface area contributed by atoms with Crippen molar-refractivity contribution in [2.24, 2.45) is 0 Å². The molecule has 0 bridgehead atoms. The van der Waals surface area contributed by atoms with Crippen molar-refractivity contribution in [2.45, 2.75) is 92.5 Å². The zero-order valence-electron chi connectivity index (χ0n) is 23.2. The van der Waals surface area contributed by atoms with E-state index in [0.717, 1.165) is 67.9 Å². The van der Waals surface area contributed by atoms with Crippen LogP contribution in [0.3, 0.4) is 0 Å². The molecule has 0 unspecified atom stereocenters. The summed E-state index contributed by atoms with van der Waals surface area (Å²) in [5, 5.41) is 15.8. The van der Waals surface area contributed by atoms with E-state index in [1.54, 1.807) is 0 Å². The third-order valence-corrected chi connectivity index (χ3v) is 7.59. The van der Waals surface area contributed by atoms with Gasteiger partial charge >= 0.3 is 0 Å². The molecule has 0 aliphatic carbocycles. The van der Waals surface area contributed by atoms with E-state index in [1.807, 2.05) is 13.8 Å². The minimum atomic E-state index is -0.869. The number of aromatic nitrogens is 2. The lowest BCUT2D eigenvalue weighted by molar-refractivity contribution is 0.0511. The minimum absolute atomic E-state index is 0.354. The number of nitrogens with zero attached hydrogens (tertiary/aromatic N) is 3. The van der Waals surface area contributed by atoms with Gasteiger partial charge in [0.05, 0.1) is 23.6 Å². The first-order chi connectivity index (χ1) is 17.2. The molecule has 0 spiro atoms. The van der Waals surface area contributed by atoms with Gasteiger partial charge in [0.15, 0.2) is 0 Å². The van der Waals surface area contributed by atoms with Crippen LogP contribution < -0.4 is 0 Å². The van der Waals surface area contributed by atoms with E-state index in [0.29, 0.717) is 6.04 Å². The van der Waals surface area contributed by atoms with Gasteiger partial charge in [0.25, 0.3) is 0 Å². The molecule has 1 N–H and O–H groups in total. The summed E-state index contributed by atoms with van der Waals surface area (Å²) in [6, 6.07) is 13.4. The smallest absolute Gasteiger partial charge is 0.0840 e. The van der Waals surface area contributed by atoms with E-state index in [1.165, 1.54) is 28.1 Å². The normalized spacial score (nSPS) is 16.4. The average molecular weight is 490 g/mol. The fourth-order valence-electron chi connectivity index (χ4n) is 5.64. The van der Waals surface area contributed by atoms with Gasteiger partial charge in [-0.05, 0) is 81.7 Å². The largest absolute Gasteiger partial charge is 0.386 e. The van der Waals surface area contributed by atoms with Crippen LogP contribution in [0.5, 0.6) is 0 Å². The summed E-state index contributed by atoms with van der Waals surface area (Å²) in [4.78, 5) is 2.59. The highest BCUT2D eigenvalue weighted by molar-refractivity contribution is 5.52. The first kappa shape index (κ1) is 26.6. The number of fused-ring (bicyclic) bond motifs is 1. The van der Waals surface area contributed by atoms with E-state index >= 15 is 0 Å². The zero-order chi connectivity index (χ0) is 26.0. The topological polar surface area (TPSA) is 50.5 Å². The Kier molecular flexibility index (Phi) is 8.03. The van der Waals surface area contributed by atoms with Crippen LogP contribution >= 0.6 is 0 Å². The lowest BCUT2D eigenvalue weighted by atomic mass is 9.93. The molecular weight excluding hydrogens is 446 g/mol. The molecule has 4 rings (SSSR count). The zero-order valence-corrected chi connectivity index (χ0v) is 23.2. The summed E-state index contributed by atoms with van der Waals surface area (Å²) in [6.07, 6.45) is 2.83. The van der Waals surface area contributed by atoms with Crippen LogP contribution in [-0.2, 0) is 42.7 Å². The summed E-state index contributed by atoms with van der Waals surface area (Å²) >= 11 is 0. The standard InChI is InChI=1S/C31H43N3O2/c1-8-28-27(19-33-18-24-14-12-11-13-23(24)17-26(33)20-36-10-3)29(9-2)34(32-28)30-21(4)15-25(16-22(30)5)31(6,7)35/h11-16,26,35H,8-10,17-20H2,1-7H3/t26-/m1/s1. The molecule has 1 atom stereocenters. The summed E-state index contributed by atoms with van der Waals surface area (Å²) in [5.41, 5.74) is 10.1. The molecule has 5 heteroatoms. The number of hydrogen-bond acceptors (Lipinski definition) is 4. The highest BCUT2D eigenvalue weighted by Crippen LogP contribution is 2.32. The SMILES string of the molecule is CCOC[C@H]1Cc2ccccc2CN1Cc1c(CC)nn(-c2c(C)cc(C(C)(C)O)cc2C)c1CC. The van der Waals surface area contributed by atoms with Crippen molar-refractivity contribution in [3.05, 3.63) is 81.2 Å². The van der Waals surface area contributed by atoms with Crippen LogP contribution in [0.25, 0.3) is 5.69 Å². The van der Waals surface area contributed by atoms with Crippen LogP contribution in [-0.4, -0.2) is 39.0 Å². The monoisotopic (exact) mass is 489 g/mol. The van der Waals surface area contributed by atoms with Gasteiger partial charge in [0.1, 0.15) is 0 Å². The van der Waals surface area contributed by atoms with E-state index in [2.05, 4.69) is 80.6 Å². The highest BCUT2D eigenvalue weighted by Gasteiger charge is 2.29. The van der Waals surface area contributed by atoms with Gasteiger partial charge in [-0.3, -0.25) is 4.90 Å². The molecule has 1 aromatic heterocycles. The fourth-order valence-corrected chi connectivity index (χ4v) is 5.64. The predicted octanol–water partition coefficient (Wildman–Crippen LogP) is 5.80. The van der Waals surface area contributed by atoms with Crippen LogP contribution in [0.15, 0.2) is 36.4 Å². The van der Waals surface area contributed by atoms with Gasteiger partial charge in [-0.1, -0.05) is 50.2 Å². The third kappa shape index (κ3) is 5.29. The first-order valence-corrected chi connectivity index (χ1v) is 13.5.